The fourth-order valence-electron chi connectivity index (χ4n) is 3.64. The van der Waals surface area contributed by atoms with Crippen molar-refractivity contribution in [2.45, 2.75) is 50.7 Å². The monoisotopic (exact) mass is 583 g/mol. The lowest BCUT2D eigenvalue weighted by atomic mass is 9.84. The van der Waals surface area contributed by atoms with Gasteiger partial charge in [0.2, 0.25) is 15.9 Å². The summed E-state index contributed by atoms with van der Waals surface area (Å²) in [6.07, 6.45) is -0.347. The maximum atomic E-state index is 13.2. The summed E-state index contributed by atoms with van der Waals surface area (Å²) < 4.78 is 41.3. The maximum absolute atomic E-state index is 13.2. The number of nitrogens with one attached hydrogen (secondary N) is 3. The largest absolute Gasteiger partial charge is 0.390 e. The van der Waals surface area contributed by atoms with E-state index < -0.39 is 45.2 Å². The molecule has 0 aliphatic rings. The molecule has 0 aliphatic carbocycles. The molecular formula is C26H31ClFN3O5S2. The van der Waals surface area contributed by atoms with Gasteiger partial charge in [-0.05, 0) is 54.0 Å². The molecule has 2 amide bonds. The van der Waals surface area contributed by atoms with Crippen LogP contribution >= 0.6 is 22.9 Å². The molecular weight excluding hydrogens is 553 g/mol. The van der Waals surface area contributed by atoms with Crippen molar-refractivity contribution in [3.05, 3.63) is 64.2 Å². The van der Waals surface area contributed by atoms with E-state index in [9.17, 15) is 27.5 Å². The van der Waals surface area contributed by atoms with Gasteiger partial charge in [-0.25, -0.2) is 17.5 Å². The lowest BCUT2D eigenvalue weighted by Crippen LogP contribution is -2.56. The Morgan fingerprint density at radius 3 is 2.42 bits per heavy atom. The topological polar surface area (TPSA) is 125 Å². The van der Waals surface area contributed by atoms with Gasteiger partial charge in [-0.1, -0.05) is 50.6 Å². The zero-order chi connectivity index (χ0) is 28.1. The lowest BCUT2D eigenvalue weighted by Gasteiger charge is -2.32. The number of unbranched alkanes of at least 4 members (excludes halogenated alkanes) is 1. The number of benzene rings is 2. The fourth-order valence-corrected chi connectivity index (χ4v) is 6.21. The van der Waals surface area contributed by atoms with Crippen LogP contribution in [0.5, 0.6) is 0 Å². The second kappa shape index (κ2) is 12.5. The van der Waals surface area contributed by atoms with Crippen molar-refractivity contribution in [1.29, 1.82) is 0 Å². The molecule has 1 aromatic heterocycles. The second-order valence-corrected chi connectivity index (χ2v) is 13.1. The van der Waals surface area contributed by atoms with Crippen LogP contribution < -0.4 is 15.4 Å². The molecule has 38 heavy (non-hydrogen) atoms. The van der Waals surface area contributed by atoms with E-state index in [2.05, 4.69) is 15.4 Å². The van der Waals surface area contributed by atoms with Crippen molar-refractivity contribution in [2.75, 3.05) is 13.1 Å². The molecule has 4 N–H and O–H groups in total. The predicted molar refractivity (Wildman–Crippen MR) is 147 cm³/mol. The van der Waals surface area contributed by atoms with E-state index in [0.29, 0.717) is 17.7 Å². The van der Waals surface area contributed by atoms with Crippen molar-refractivity contribution in [1.82, 2.24) is 15.4 Å². The predicted octanol–water partition coefficient (Wildman–Crippen LogP) is 4.07. The van der Waals surface area contributed by atoms with Gasteiger partial charge in [-0.2, -0.15) is 0 Å². The smallest absolute Gasteiger partial charge is 0.262 e. The number of halogens is 2. The number of fused-ring (bicyclic) bond motifs is 1. The van der Waals surface area contributed by atoms with E-state index in [1.807, 2.05) is 24.3 Å². The summed E-state index contributed by atoms with van der Waals surface area (Å²) in [5, 5.41) is 16.9. The molecule has 0 bridgehead atoms. The number of hydrogen-bond donors (Lipinski definition) is 4. The zero-order valence-electron chi connectivity index (χ0n) is 21.3. The minimum atomic E-state index is -3.92. The quantitative estimate of drug-likeness (QED) is 0.253. The highest BCUT2D eigenvalue weighted by Crippen LogP contribution is 2.27. The molecule has 3 aromatic rings. The first-order valence-electron chi connectivity index (χ1n) is 12.0. The van der Waals surface area contributed by atoms with Crippen molar-refractivity contribution in [3.63, 3.8) is 0 Å². The summed E-state index contributed by atoms with van der Waals surface area (Å²) in [7, 11) is -3.92. The molecule has 0 saturated heterocycles. The van der Waals surface area contributed by atoms with Crippen molar-refractivity contribution >= 4 is 54.9 Å². The van der Waals surface area contributed by atoms with Crippen LogP contribution in [-0.2, 0) is 14.8 Å². The van der Waals surface area contributed by atoms with Gasteiger partial charge in [0.1, 0.15) is 16.8 Å². The van der Waals surface area contributed by atoms with Gasteiger partial charge in [-0.3, -0.25) is 9.59 Å². The molecule has 3 rings (SSSR count). The van der Waals surface area contributed by atoms with Gasteiger partial charge in [0.05, 0.1) is 16.0 Å². The van der Waals surface area contributed by atoms with Crippen molar-refractivity contribution in [2.24, 2.45) is 5.41 Å². The van der Waals surface area contributed by atoms with Gasteiger partial charge in [0, 0.05) is 17.8 Å². The molecule has 1 heterocycles. The number of aliphatic hydroxyl groups excluding tert-OH is 1. The van der Waals surface area contributed by atoms with Crippen LogP contribution in [0.4, 0.5) is 4.39 Å². The van der Waals surface area contributed by atoms with E-state index in [1.165, 1.54) is 11.3 Å². The van der Waals surface area contributed by atoms with E-state index in [-0.39, 0.29) is 23.0 Å². The first-order chi connectivity index (χ1) is 17.8. The van der Waals surface area contributed by atoms with Crippen LogP contribution in [0.2, 0.25) is 5.02 Å². The molecule has 2 atom stereocenters. The molecule has 0 radical (unpaired) electrons. The number of carbonyl (C=O) groups is 2. The van der Waals surface area contributed by atoms with E-state index in [0.717, 1.165) is 28.3 Å². The minimum Gasteiger partial charge on any atom is -0.390 e. The molecule has 0 unspecified atom stereocenters. The number of thiophene rings is 1. The first kappa shape index (κ1) is 30.0. The Hall–Kier alpha value is -2.57. The van der Waals surface area contributed by atoms with Gasteiger partial charge >= 0.3 is 0 Å². The Morgan fingerprint density at radius 1 is 1.08 bits per heavy atom. The summed E-state index contributed by atoms with van der Waals surface area (Å²) in [6, 6.07) is 11.1. The Balaban J connectivity index is 1.54. The van der Waals surface area contributed by atoms with Crippen LogP contribution in [-0.4, -0.2) is 50.6 Å². The van der Waals surface area contributed by atoms with Gasteiger partial charge < -0.3 is 15.7 Å². The number of rotatable bonds is 11. The van der Waals surface area contributed by atoms with Crippen LogP contribution in [0, 0.1) is 11.2 Å². The third kappa shape index (κ3) is 7.73. The van der Waals surface area contributed by atoms with Gasteiger partial charge in [0.15, 0.2) is 0 Å². The molecule has 0 aliphatic heterocycles. The normalized spacial score (nSPS) is 13.7. The average molecular weight is 584 g/mol. The Morgan fingerprint density at radius 2 is 1.76 bits per heavy atom. The molecule has 8 nitrogen and oxygen atoms in total. The Kier molecular flexibility index (Phi) is 9.88. The summed E-state index contributed by atoms with van der Waals surface area (Å²) in [6.45, 7) is 5.57. The number of hydrogen-bond acceptors (Lipinski definition) is 6. The highest BCUT2D eigenvalue weighted by Gasteiger charge is 2.36. The van der Waals surface area contributed by atoms with E-state index >= 15 is 0 Å². The fraction of sp³-hybridized carbons (Fsp3) is 0.385. The Bertz CT molecular complexity index is 1370. The summed E-state index contributed by atoms with van der Waals surface area (Å²) >= 11 is 7.14. The summed E-state index contributed by atoms with van der Waals surface area (Å²) in [5.41, 5.74) is -0.685. The lowest BCUT2D eigenvalue weighted by molar-refractivity contribution is -0.127. The van der Waals surface area contributed by atoms with Crippen LogP contribution in [0.1, 0.15) is 43.3 Å². The first-order valence-corrected chi connectivity index (χ1v) is 14.7. The minimum absolute atomic E-state index is 0.0721. The van der Waals surface area contributed by atoms with Crippen molar-refractivity contribution < 1.29 is 27.5 Å². The number of sulfonamides is 1. The zero-order valence-corrected chi connectivity index (χ0v) is 23.6. The Labute approximate surface area is 230 Å². The maximum Gasteiger partial charge on any atom is 0.262 e. The number of amides is 2. The second-order valence-electron chi connectivity index (χ2n) is 9.88. The standard InChI is InChI=1S/C26H31ClFN3O5S2/c1-26(2,3)23(32)22(31-24(33)20-14-16-8-4-5-9-19(16)37-20)25(34)29-12-6-7-13-30-38(35,36)21-11-10-17(28)15-18(21)27/h4-5,8-11,14-15,22-23,30,32H,6-7,12-13H2,1-3H3,(H,29,34)(H,31,33)/t22-,23-/m0/s1. The number of aliphatic hydroxyl groups is 1. The van der Waals surface area contributed by atoms with E-state index in [1.54, 1.807) is 26.8 Å². The third-order valence-electron chi connectivity index (χ3n) is 5.80. The number of carbonyl (C=O) groups excluding carboxylic acids is 2. The van der Waals surface area contributed by atoms with Crippen LogP contribution in [0.15, 0.2) is 53.4 Å². The van der Waals surface area contributed by atoms with E-state index in [4.69, 9.17) is 11.6 Å². The molecule has 12 heteroatoms. The third-order valence-corrected chi connectivity index (χ3v) is 8.86. The molecule has 0 fully saturated rings. The summed E-state index contributed by atoms with van der Waals surface area (Å²) in [5.74, 6) is -1.64. The molecule has 2 aromatic carbocycles. The molecule has 206 valence electrons. The van der Waals surface area contributed by atoms with Crippen molar-refractivity contribution in [3.8, 4) is 0 Å². The van der Waals surface area contributed by atoms with Gasteiger partial charge in [-0.15, -0.1) is 11.3 Å². The highest BCUT2D eigenvalue weighted by atomic mass is 35.5. The van der Waals surface area contributed by atoms with Gasteiger partial charge in [0.25, 0.3) is 5.91 Å². The average Bonchev–Trinajstić information content (AvgIpc) is 3.27. The molecule has 0 saturated carbocycles. The summed E-state index contributed by atoms with van der Waals surface area (Å²) in [4.78, 5) is 26.1. The van der Waals surface area contributed by atoms with Crippen LogP contribution in [0.25, 0.3) is 10.1 Å². The molecule has 0 spiro atoms. The van der Waals surface area contributed by atoms with Crippen LogP contribution in [0.3, 0.4) is 0 Å². The highest BCUT2D eigenvalue weighted by molar-refractivity contribution is 7.89. The SMILES string of the molecule is CC(C)(C)[C@@H](O)[C@H](NC(=O)c1cc2ccccc2s1)C(=O)NCCCCNS(=O)(=O)c1ccc(F)cc1Cl.